The summed E-state index contributed by atoms with van der Waals surface area (Å²) in [6, 6.07) is 4.92. The molecule has 1 aliphatic rings. The van der Waals surface area contributed by atoms with Crippen LogP contribution >= 0.6 is 34.8 Å². The van der Waals surface area contributed by atoms with E-state index in [1.54, 1.807) is 23.1 Å². The molecule has 132 valence electrons. The van der Waals surface area contributed by atoms with Crippen molar-refractivity contribution in [2.45, 2.75) is 32.7 Å². The van der Waals surface area contributed by atoms with Gasteiger partial charge in [-0.15, -0.1) is 11.6 Å². The van der Waals surface area contributed by atoms with Crippen molar-refractivity contribution < 1.29 is 9.59 Å². The van der Waals surface area contributed by atoms with Gasteiger partial charge in [0.15, 0.2) is 0 Å². The van der Waals surface area contributed by atoms with E-state index in [4.69, 9.17) is 34.8 Å². The molecule has 24 heavy (non-hydrogen) atoms. The van der Waals surface area contributed by atoms with Gasteiger partial charge in [0.2, 0.25) is 5.91 Å². The summed E-state index contributed by atoms with van der Waals surface area (Å²) in [7, 11) is 0. The van der Waals surface area contributed by atoms with Gasteiger partial charge in [0.1, 0.15) is 0 Å². The van der Waals surface area contributed by atoms with E-state index in [9.17, 15) is 9.59 Å². The lowest BCUT2D eigenvalue weighted by Gasteiger charge is -2.34. The summed E-state index contributed by atoms with van der Waals surface area (Å²) in [5.74, 6) is 0.0807. The summed E-state index contributed by atoms with van der Waals surface area (Å²) < 4.78 is 0. The maximum absolute atomic E-state index is 12.6. The second-order valence-corrected chi connectivity index (χ2v) is 7.79. The molecule has 2 amide bonds. The number of nitrogens with one attached hydrogen (secondary N) is 1. The number of hydrogen-bond donors (Lipinski definition) is 1. The molecule has 1 aromatic rings. The van der Waals surface area contributed by atoms with Gasteiger partial charge < -0.3 is 10.2 Å². The number of carbonyl (C=O) groups excluding carboxylic acids is 2. The smallest absolute Gasteiger partial charge is 0.255 e. The number of benzene rings is 1. The summed E-state index contributed by atoms with van der Waals surface area (Å²) in [6.45, 7) is 4.76. The average molecular weight is 392 g/mol. The molecule has 1 saturated heterocycles. The van der Waals surface area contributed by atoms with Crippen molar-refractivity contribution in [3.63, 3.8) is 0 Å². The van der Waals surface area contributed by atoms with Crippen molar-refractivity contribution in [1.29, 1.82) is 0 Å². The minimum absolute atomic E-state index is 0.0545. The predicted octanol–water partition coefficient (Wildman–Crippen LogP) is 3.98. The molecule has 0 aromatic heterocycles. The van der Waals surface area contributed by atoms with Crippen LogP contribution in [-0.4, -0.2) is 41.7 Å². The van der Waals surface area contributed by atoms with E-state index in [1.165, 1.54) is 0 Å². The van der Waals surface area contributed by atoms with Crippen LogP contribution in [0, 0.1) is 5.41 Å². The molecule has 1 heterocycles. The van der Waals surface area contributed by atoms with E-state index in [0.29, 0.717) is 41.5 Å². The SMILES string of the molecule is CC(C)(CCl)C(=O)NC1CCN(C(=O)c2cc(Cl)ccc2Cl)CC1. The van der Waals surface area contributed by atoms with Gasteiger partial charge in [0.25, 0.3) is 5.91 Å². The summed E-state index contributed by atoms with van der Waals surface area (Å²) >= 11 is 17.9. The molecule has 0 saturated carbocycles. The quantitative estimate of drug-likeness (QED) is 0.789. The number of likely N-dealkylation sites (tertiary alicyclic amines) is 1. The Labute approximate surface area is 157 Å². The molecule has 0 radical (unpaired) electrons. The van der Waals surface area contributed by atoms with E-state index in [1.807, 2.05) is 13.8 Å². The first kappa shape index (κ1) is 19.4. The minimum atomic E-state index is -0.594. The molecule has 4 nitrogen and oxygen atoms in total. The number of alkyl halides is 1. The second kappa shape index (κ2) is 7.94. The van der Waals surface area contributed by atoms with Crippen LogP contribution in [-0.2, 0) is 4.79 Å². The van der Waals surface area contributed by atoms with Crippen molar-refractivity contribution in [2.24, 2.45) is 5.41 Å². The van der Waals surface area contributed by atoms with Gasteiger partial charge in [-0.1, -0.05) is 23.2 Å². The molecule has 2 rings (SSSR count). The molecule has 1 aromatic carbocycles. The lowest BCUT2D eigenvalue weighted by molar-refractivity contribution is -0.129. The Morgan fingerprint density at radius 1 is 1.25 bits per heavy atom. The molecule has 0 atom stereocenters. The lowest BCUT2D eigenvalue weighted by atomic mass is 9.93. The van der Waals surface area contributed by atoms with Gasteiger partial charge in [0.05, 0.1) is 16.0 Å². The lowest BCUT2D eigenvalue weighted by Crippen LogP contribution is -2.49. The van der Waals surface area contributed by atoms with E-state index in [-0.39, 0.29) is 23.7 Å². The molecule has 0 bridgehead atoms. The highest BCUT2D eigenvalue weighted by Gasteiger charge is 2.31. The van der Waals surface area contributed by atoms with Gasteiger partial charge in [-0.2, -0.15) is 0 Å². The number of rotatable bonds is 4. The van der Waals surface area contributed by atoms with E-state index < -0.39 is 5.41 Å². The Bertz CT molecular complexity index is 626. The van der Waals surface area contributed by atoms with Gasteiger partial charge in [0, 0.05) is 30.0 Å². The van der Waals surface area contributed by atoms with Crippen LogP contribution in [0.4, 0.5) is 0 Å². The number of carbonyl (C=O) groups is 2. The highest BCUT2D eigenvalue weighted by Crippen LogP contribution is 2.24. The van der Waals surface area contributed by atoms with Crippen molar-refractivity contribution in [2.75, 3.05) is 19.0 Å². The Morgan fingerprint density at radius 2 is 1.88 bits per heavy atom. The maximum atomic E-state index is 12.6. The first-order chi connectivity index (χ1) is 11.2. The average Bonchev–Trinajstić information content (AvgIpc) is 2.57. The number of halogens is 3. The third-order valence-electron chi connectivity index (χ3n) is 4.22. The Balaban J connectivity index is 1.94. The van der Waals surface area contributed by atoms with Crippen molar-refractivity contribution >= 4 is 46.6 Å². The predicted molar refractivity (Wildman–Crippen MR) is 98.0 cm³/mol. The van der Waals surface area contributed by atoms with Crippen molar-refractivity contribution in [1.82, 2.24) is 10.2 Å². The Hall–Kier alpha value is -0.970. The van der Waals surface area contributed by atoms with Gasteiger partial charge >= 0.3 is 0 Å². The molecule has 7 heteroatoms. The standard InChI is InChI=1S/C17H21Cl3N2O2/c1-17(2,10-18)16(24)21-12-5-7-22(8-6-12)15(23)13-9-11(19)3-4-14(13)20/h3-4,9,12H,5-8,10H2,1-2H3,(H,21,24). The molecule has 0 spiro atoms. The van der Waals surface area contributed by atoms with E-state index in [2.05, 4.69) is 5.32 Å². The van der Waals surface area contributed by atoms with Crippen LogP contribution in [0.25, 0.3) is 0 Å². The van der Waals surface area contributed by atoms with Crippen LogP contribution in [0.3, 0.4) is 0 Å². The summed E-state index contributed by atoms with van der Waals surface area (Å²) in [4.78, 5) is 26.5. The number of hydrogen-bond acceptors (Lipinski definition) is 2. The molecular formula is C17H21Cl3N2O2. The molecule has 1 fully saturated rings. The third kappa shape index (κ3) is 4.56. The highest BCUT2D eigenvalue weighted by atomic mass is 35.5. The van der Waals surface area contributed by atoms with Gasteiger partial charge in [-0.3, -0.25) is 9.59 Å². The molecule has 1 aliphatic heterocycles. The zero-order valence-electron chi connectivity index (χ0n) is 13.7. The van der Waals surface area contributed by atoms with E-state index >= 15 is 0 Å². The van der Waals surface area contributed by atoms with Crippen LogP contribution < -0.4 is 5.32 Å². The molecule has 0 aliphatic carbocycles. The van der Waals surface area contributed by atoms with Crippen LogP contribution in [0.1, 0.15) is 37.0 Å². The molecule has 0 unspecified atom stereocenters. The van der Waals surface area contributed by atoms with Crippen LogP contribution in [0.5, 0.6) is 0 Å². The van der Waals surface area contributed by atoms with Gasteiger partial charge in [-0.25, -0.2) is 0 Å². The Kier molecular flexibility index (Phi) is 6.40. The van der Waals surface area contributed by atoms with Crippen molar-refractivity contribution in [3.05, 3.63) is 33.8 Å². The first-order valence-corrected chi connectivity index (χ1v) is 9.15. The number of amides is 2. The van der Waals surface area contributed by atoms with E-state index in [0.717, 1.165) is 0 Å². The zero-order valence-corrected chi connectivity index (χ0v) is 16.0. The fraction of sp³-hybridized carbons (Fsp3) is 0.529. The number of nitrogens with zero attached hydrogens (tertiary/aromatic N) is 1. The number of piperidine rings is 1. The highest BCUT2D eigenvalue weighted by molar-refractivity contribution is 6.35. The summed E-state index contributed by atoms with van der Waals surface area (Å²) in [5.41, 5.74) is -0.182. The molecular weight excluding hydrogens is 371 g/mol. The summed E-state index contributed by atoms with van der Waals surface area (Å²) in [5, 5.41) is 3.89. The third-order valence-corrected chi connectivity index (χ3v) is 5.46. The topological polar surface area (TPSA) is 49.4 Å². The van der Waals surface area contributed by atoms with Crippen LogP contribution in [0.15, 0.2) is 18.2 Å². The zero-order chi connectivity index (χ0) is 17.9. The van der Waals surface area contributed by atoms with Crippen molar-refractivity contribution in [3.8, 4) is 0 Å². The fourth-order valence-electron chi connectivity index (χ4n) is 2.50. The maximum Gasteiger partial charge on any atom is 0.255 e. The van der Waals surface area contributed by atoms with Crippen LogP contribution in [0.2, 0.25) is 10.0 Å². The normalized spacial score (nSPS) is 16.1. The van der Waals surface area contributed by atoms with Gasteiger partial charge in [-0.05, 0) is 44.9 Å². The summed E-state index contributed by atoms with van der Waals surface area (Å²) in [6.07, 6.45) is 1.40. The fourth-order valence-corrected chi connectivity index (χ4v) is 2.99. The largest absolute Gasteiger partial charge is 0.353 e. The first-order valence-electron chi connectivity index (χ1n) is 7.86. The second-order valence-electron chi connectivity index (χ2n) is 6.68. The Morgan fingerprint density at radius 3 is 2.46 bits per heavy atom. The monoisotopic (exact) mass is 390 g/mol. The molecule has 1 N–H and O–H groups in total. The minimum Gasteiger partial charge on any atom is -0.353 e.